The molecule has 0 aliphatic rings. The van der Waals surface area contributed by atoms with Gasteiger partial charge in [0.15, 0.2) is 0 Å². The van der Waals surface area contributed by atoms with Gasteiger partial charge in [-0.2, -0.15) is 0 Å². The lowest BCUT2D eigenvalue weighted by atomic mass is 10.1. The summed E-state index contributed by atoms with van der Waals surface area (Å²) in [6.07, 6.45) is 0. The Hall–Kier alpha value is -2.38. The van der Waals surface area contributed by atoms with Gasteiger partial charge in [-0.15, -0.1) is 0 Å². The van der Waals surface area contributed by atoms with Crippen molar-refractivity contribution in [3.05, 3.63) is 58.1 Å². The highest BCUT2D eigenvalue weighted by Crippen LogP contribution is 2.25. The highest BCUT2D eigenvalue weighted by Gasteiger charge is 2.17. The van der Waals surface area contributed by atoms with Crippen LogP contribution >= 0.6 is 15.9 Å². The maximum absolute atomic E-state index is 12.8. The van der Waals surface area contributed by atoms with Gasteiger partial charge in [-0.05, 0) is 37.3 Å². The summed E-state index contributed by atoms with van der Waals surface area (Å²) in [7, 11) is 1.58. The molecule has 0 atom stereocenters. The fraction of sp³-hybridized carbons (Fsp3) is 0.263. The topological polar surface area (TPSA) is 76.7 Å². The molecule has 0 radical (unpaired) electrons. The van der Waals surface area contributed by atoms with Crippen LogP contribution in [-0.4, -0.2) is 38.7 Å². The summed E-state index contributed by atoms with van der Waals surface area (Å²) in [6, 6.07) is 12.0. The Bertz CT molecular complexity index is 780. The lowest BCUT2D eigenvalue weighted by Crippen LogP contribution is -2.25. The van der Waals surface area contributed by atoms with Gasteiger partial charge >= 0.3 is 0 Å². The van der Waals surface area contributed by atoms with Crippen LogP contribution in [-0.2, 0) is 4.74 Å². The van der Waals surface area contributed by atoms with E-state index in [0.29, 0.717) is 42.3 Å². The van der Waals surface area contributed by atoms with Crippen molar-refractivity contribution < 1.29 is 19.1 Å². The third kappa shape index (κ3) is 5.31. The molecule has 0 aliphatic heterocycles. The molecule has 26 heavy (non-hydrogen) atoms. The molecule has 2 aromatic rings. The average molecular weight is 421 g/mol. The first kappa shape index (κ1) is 19.9. The van der Waals surface area contributed by atoms with Crippen LogP contribution in [0.25, 0.3) is 0 Å². The maximum Gasteiger partial charge on any atom is 0.259 e. The highest BCUT2D eigenvalue weighted by molar-refractivity contribution is 9.10. The van der Waals surface area contributed by atoms with Crippen LogP contribution in [0.4, 0.5) is 5.69 Å². The average Bonchev–Trinajstić information content (AvgIpc) is 2.63. The standard InChI is InChI=1S/C19H21BrN2O4/c1-3-21-18(23)14-6-4-5-7-16(14)22-19(24)15-12-13(20)8-9-17(15)26-11-10-25-2/h4-9,12H,3,10-11H2,1-2H3,(H,21,23)(H,22,24). The number of benzene rings is 2. The quantitative estimate of drug-likeness (QED) is 0.640. The number of ether oxygens (including phenoxy) is 2. The molecule has 2 N–H and O–H groups in total. The van der Waals surface area contributed by atoms with E-state index in [-0.39, 0.29) is 11.8 Å². The number of hydrogen-bond donors (Lipinski definition) is 2. The van der Waals surface area contributed by atoms with E-state index in [2.05, 4.69) is 26.6 Å². The lowest BCUT2D eigenvalue weighted by molar-refractivity contribution is 0.0956. The van der Waals surface area contributed by atoms with Gasteiger partial charge in [-0.3, -0.25) is 9.59 Å². The number of carbonyl (C=O) groups is 2. The van der Waals surface area contributed by atoms with Gasteiger partial charge in [0.25, 0.3) is 11.8 Å². The van der Waals surface area contributed by atoms with E-state index in [1.807, 2.05) is 6.92 Å². The Morgan fingerprint density at radius 1 is 1.04 bits per heavy atom. The van der Waals surface area contributed by atoms with Gasteiger partial charge in [-0.25, -0.2) is 0 Å². The molecule has 2 amide bonds. The molecule has 2 rings (SSSR count). The number of methoxy groups -OCH3 is 1. The van der Waals surface area contributed by atoms with Crippen LogP contribution in [0.2, 0.25) is 0 Å². The van der Waals surface area contributed by atoms with Gasteiger partial charge in [0.1, 0.15) is 12.4 Å². The van der Waals surface area contributed by atoms with Crippen LogP contribution in [0.3, 0.4) is 0 Å². The second-order valence-electron chi connectivity index (χ2n) is 5.34. The Labute approximate surface area is 161 Å². The van der Waals surface area contributed by atoms with E-state index in [1.165, 1.54) is 0 Å². The van der Waals surface area contributed by atoms with Crippen LogP contribution in [0, 0.1) is 0 Å². The fourth-order valence-electron chi connectivity index (χ4n) is 2.28. The van der Waals surface area contributed by atoms with Crippen molar-refractivity contribution in [2.24, 2.45) is 0 Å². The Balaban J connectivity index is 2.25. The molecule has 138 valence electrons. The van der Waals surface area contributed by atoms with Crippen molar-refractivity contribution >= 4 is 33.4 Å². The Morgan fingerprint density at radius 3 is 2.54 bits per heavy atom. The van der Waals surface area contributed by atoms with Crippen molar-refractivity contribution in [1.29, 1.82) is 0 Å². The van der Waals surface area contributed by atoms with Crippen molar-refractivity contribution in [1.82, 2.24) is 5.32 Å². The Kier molecular flexibility index (Phi) is 7.62. The third-order valence-electron chi connectivity index (χ3n) is 3.49. The van der Waals surface area contributed by atoms with E-state index in [4.69, 9.17) is 9.47 Å². The molecule has 0 heterocycles. The molecule has 0 aromatic heterocycles. The molecular weight excluding hydrogens is 400 g/mol. The zero-order valence-electron chi connectivity index (χ0n) is 14.7. The summed E-state index contributed by atoms with van der Waals surface area (Å²) in [6.45, 7) is 3.08. The highest BCUT2D eigenvalue weighted by atomic mass is 79.9. The molecule has 6 nitrogen and oxygen atoms in total. The smallest absolute Gasteiger partial charge is 0.259 e. The van der Waals surface area contributed by atoms with Crippen molar-refractivity contribution in [2.75, 3.05) is 32.2 Å². The third-order valence-corrected chi connectivity index (χ3v) is 3.98. The second kappa shape index (κ2) is 9.94. The largest absolute Gasteiger partial charge is 0.490 e. The SMILES string of the molecule is CCNC(=O)c1ccccc1NC(=O)c1cc(Br)ccc1OCCOC. The number of rotatable bonds is 8. The zero-order chi connectivity index (χ0) is 18.9. The summed E-state index contributed by atoms with van der Waals surface area (Å²) in [5.74, 6) is -0.164. The van der Waals surface area contributed by atoms with E-state index in [1.54, 1.807) is 49.6 Å². The molecule has 7 heteroatoms. The van der Waals surface area contributed by atoms with E-state index >= 15 is 0 Å². The van der Waals surface area contributed by atoms with Gasteiger partial charge in [0, 0.05) is 18.1 Å². The molecule has 0 saturated heterocycles. The first-order chi connectivity index (χ1) is 12.6. The summed E-state index contributed by atoms with van der Waals surface area (Å²) in [4.78, 5) is 24.9. The number of carbonyl (C=O) groups excluding carboxylic acids is 2. The molecule has 0 aliphatic carbocycles. The fourth-order valence-corrected chi connectivity index (χ4v) is 2.64. The summed E-state index contributed by atoms with van der Waals surface area (Å²) in [5.41, 5.74) is 1.20. The van der Waals surface area contributed by atoms with Crippen LogP contribution < -0.4 is 15.4 Å². The van der Waals surface area contributed by atoms with Gasteiger partial charge in [-0.1, -0.05) is 28.1 Å². The van der Waals surface area contributed by atoms with E-state index in [9.17, 15) is 9.59 Å². The van der Waals surface area contributed by atoms with Gasteiger partial charge in [0.05, 0.1) is 23.4 Å². The molecule has 0 bridgehead atoms. The number of nitrogens with one attached hydrogen (secondary N) is 2. The zero-order valence-corrected chi connectivity index (χ0v) is 16.3. The minimum atomic E-state index is -0.365. The predicted molar refractivity (Wildman–Crippen MR) is 104 cm³/mol. The minimum absolute atomic E-state index is 0.241. The summed E-state index contributed by atoms with van der Waals surface area (Å²) >= 11 is 3.37. The Morgan fingerprint density at radius 2 is 1.81 bits per heavy atom. The number of anilines is 1. The number of hydrogen-bond acceptors (Lipinski definition) is 4. The number of amides is 2. The first-order valence-electron chi connectivity index (χ1n) is 8.16. The molecule has 2 aromatic carbocycles. The van der Waals surface area contributed by atoms with Crippen LogP contribution in [0.5, 0.6) is 5.75 Å². The molecular formula is C19H21BrN2O4. The lowest BCUT2D eigenvalue weighted by Gasteiger charge is -2.14. The number of halogens is 1. The van der Waals surface area contributed by atoms with Gasteiger partial charge < -0.3 is 20.1 Å². The van der Waals surface area contributed by atoms with Crippen molar-refractivity contribution in [3.8, 4) is 5.75 Å². The molecule has 0 spiro atoms. The second-order valence-corrected chi connectivity index (χ2v) is 6.26. The summed E-state index contributed by atoms with van der Waals surface area (Å²) in [5, 5.41) is 5.53. The predicted octanol–water partition coefficient (Wildman–Crippen LogP) is 3.48. The van der Waals surface area contributed by atoms with Gasteiger partial charge in [0.2, 0.25) is 0 Å². The summed E-state index contributed by atoms with van der Waals surface area (Å²) < 4.78 is 11.3. The minimum Gasteiger partial charge on any atom is -0.490 e. The molecule has 0 fully saturated rings. The maximum atomic E-state index is 12.8. The molecule has 0 saturated carbocycles. The van der Waals surface area contributed by atoms with E-state index in [0.717, 1.165) is 4.47 Å². The number of para-hydroxylation sites is 1. The normalized spacial score (nSPS) is 10.3. The van der Waals surface area contributed by atoms with Crippen LogP contribution in [0.15, 0.2) is 46.9 Å². The van der Waals surface area contributed by atoms with Crippen molar-refractivity contribution in [2.45, 2.75) is 6.92 Å². The monoisotopic (exact) mass is 420 g/mol. The first-order valence-corrected chi connectivity index (χ1v) is 8.96. The van der Waals surface area contributed by atoms with E-state index < -0.39 is 0 Å². The van der Waals surface area contributed by atoms with Crippen molar-refractivity contribution in [3.63, 3.8) is 0 Å². The molecule has 0 unspecified atom stereocenters. The van der Waals surface area contributed by atoms with Crippen LogP contribution in [0.1, 0.15) is 27.6 Å².